The Bertz CT molecular complexity index is 1760. The normalized spacial score (nSPS) is 24.2. The van der Waals surface area contributed by atoms with E-state index in [4.69, 9.17) is 19.4 Å². The molecule has 3 saturated heterocycles. The van der Waals surface area contributed by atoms with Crippen molar-refractivity contribution in [2.45, 2.75) is 101 Å². The van der Waals surface area contributed by atoms with Crippen LogP contribution in [-0.4, -0.2) is 119 Å². The van der Waals surface area contributed by atoms with E-state index in [2.05, 4.69) is 70.3 Å². The van der Waals surface area contributed by atoms with Gasteiger partial charge in [0, 0.05) is 43.8 Å². The van der Waals surface area contributed by atoms with Gasteiger partial charge in [-0.2, -0.15) is 15.2 Å². The fourth-order valence-corrected chi connectivity index (χ4v) is 8.86. The van der Waals surface area contributed by atoms with Crippen molar-refractivity contribution in [3.63, 3.8) is 0 Å². The lowest BCUT2D eigenvalue weighted by molar-refractivity contribution is -0.00703. The molecule has 1 aliphatic carbocycles. The van der Waals surface area contributed by atoms with Crippen LogP contribution >= 0.6 is 0 Å². The number of aliphatic hydroxyl groups is 1. The number of hydrogen-bond donors (Lipinski definition) is 1. The van der Waals surface area contributed by atoms with Gasteiger partial charge in [-0.25, -0.2) is 4.79 Å². The highest BCUT2D eigenvalue weighted by Crippen LogP contribution is 2.39. The fraction of sp³-hybridized carbons (Fsp3) is 0.610. The predicted molar refractivity (Wildman–Crippen MR) is 202 cm³/mol. The second-order valence-electron chi connectivity index (χ2n) is 15.9. The number of fused-ring (bicyclic) bond motifs is 2. The SMILES string of the molecule is CN1CCC[C@H]1COc1nc2c(c(N3CCN(C(=O)OC(C)(C)CCN4CCC[C@H]4CO)C(CC#N)C3)n1)CCC(c1cccc3ccccc13)C2. The Morgan fingerprint density at radius 3 is 2.62 bits per heavy atom. The van der Waals surface area contributed by atoms with Crippen molar-refractivity contribution in [1.82, 2.24) is 24.7 Å². The van der Waals surface area contributed by atoms with Gasteiger partial charge < -0.3 is 29.3 Å². The quantitative estimate of drug-likeness (QED) is 0.272. The van der Waals surface area contributed by atoms with Crippen molar-refractivity contribution >= 4 is 22.7 Å². The Morgan fingerprint density at radius 2 is 1.81 bits per heavy atom. The molecule has 0 bridgehead atoms. The predicted octanol–water partition coefficient (Wildman–Crippen LogP) is 5.54. The van der Waals surface area contributed by atoms with Crippen LogP contribution in [0.1, 0.15) is 81.5 Å². The third-order valence-corrected chi connectivity index (χ3v) is 12.0. The second kappa shape index (κ2) is 15.9. The van der Waals surface area contributed by atoms with E-state index in [-0.39, 0.29) is 31.2 Å². The largest absolute Gasteiger partial charge is 0.462 e. The topological polar surface area (TPSA) is 118 Å². The van der Waals surface area contributed by atoms with Crippen LogP contribution in [0.3, 0.4) is 0 Å². The zero-order valence-electron chi connectivity index (χ0n) is 31.2. The number of carbonyl (C=O) groups excluding carboxylic acids is 1. The summed E-state index contributed by atoms with van der Waals surface area (Å²) in [4.78, 5) is 32.5. The number of hydrogen-bond acceptors (Lipinski definition) is 10. The highest BCUT2D eigenvalue weighted by molar-refractivity contribution is 5.86. The Labute approximate surface area is 308 Å². The summed E-state index contributed by atoms with van der Waals surface area (Å²) in [6.45, 7) is 8.90. The van der Waals surface area contributed by atoms with Crippen LogP contribution in [0.25, 0.3) is 10.8 Å². The molecule has 7 rings (SSSR count). The monoisotopic (exact) mass is 709 g/mol. The van der Waals surface area contributed by atoms with Crippen LogP contribution < -0.4 is 9.64 Å². The van der Waals surface area contributed by atoms with Crippen molar-refractivity contribution in [2.75, 3.05) is 64.4 Å². The van der Waals surface area contributed by atoms with E-state index in [0.29, 0.717) is 50.6 Å². The Hall–Kier alpha value is -3.98. The number of carbonyl (C=O) groups is 1. The van der Waals surface area contributed by atoms with E-state index < -0.39 is 5.60 Å². The molecule has 0 saturated carbocycles. The summed E-state index contributed by atoms with van der Waals surface area (Å²) in [7, 11) is 2.15. The number of benzene rings is 2. The van der Waals surface area contributed by atoms with Crippen LogP contribution in [0.2, 0.25) is 0 Å². The van der Waals surface area contributed by atoms with Crippen molar-refractivity contribution in [3.05, 3.63) is 59.3 Å². The minimum atomic E-state index is -0.681. The standard InChI is InChI=1S/C41H55N7O4/c1-41(2,18-22-46-21-8-11-32(46)27-49)52-40(50)48-24-23-47(26-31(48)17-19-42)38-36-16-15-30(35-14-6-10-29-9-4-5-13-34(29)35)25-37(36)43-39(44-38)51-28-33-12-7-20-45(33)3/h4-6,9-10,13-14,30-33,49H,7-8,11-12,15-18,20-28H2,1-3H3/t30?,31?,32-,33-/m0/s1. The number of aliphatic hydroxyl groups excluding tert-OH is 1. The van der Waals surface area contributed by atoms with Crippen molar-refractivity contribution < 1.29 is 19.4 Å². The highest BCUT2D eigenvalue weighted by atomic mass is 16.6. The maximum Gasteiger partial charge on any atom is 0.410 e. The van der Waals surface area contributed by atoms with E-state index in [0.717, 1.165) is 75.2 Å². The molecule has 2 aromatic carbocycles. The van der Waals surface area contributed by atoms with Gasteiger partial charge in [-0.15, -0.1) is 0 Å². The van der Waals surface area contributed by atoms with Crippen molar-refractivity contribution in [3.8, 4) is 12.1 Å². The molecule has 1 amide bonds. The third kappa shape index (κ3) is 7.99. The summed E-state index contributed by atoms with van der Waals surface area (Å²) >= 11 is 0. The first-order valence-electron chi connectivity index (χ1n) is 19.4. The van der Waals surface area contributed by atoms with E-state index >= 15 is 0 Å². The number of amides is 1. The number of ether oxygens (including phenoxy) is 2. The van der Waals surface area contributed by atoms with Crippen LogP contribution in [0.15, 0.2) is 42.5 Å². The van der Waals surface area contributed by atoms with Gasteiger partial charge in [-0.05, 0) is 108 Å². The molecule has 0 radical (unpaired) electrons. The summed E-state index contributed by atoms with van der Waals surface area (Å²) in [5.74, 6) is 1.20. The summed E-state index contributed by atoms with van der Waals surface area (Å²) in [6.07, 6.45) is 7.48. The number of anilines is 1. The van der Waals surface area contributed by atoms with Gasteiger partial charge in [-0.1, -0.05) is 42.5 Å². The molecule has 1 aromatic heterocycles. The zero-order valence-corrected chi connectivity index (χ0v) is 31.2. The number of aromatic nitrogens is 2. The van der Waals surface area contributed by atoms with E-state index in [1.807, 2.05) is 13.8 Å². The molecule has 278 valence electrons. The van der Waals surface area contributed by atoms with Gasteiger partial charge in [0.2, 0.25) is 0 Å². The van der Waals surface area contributed by atoms with Gasteiger partial charge in [-0.3, -0.25) is 4.90 Å². The smallest absolute Gasteiger partial charge is 0.410 e. The molecular formula is C41H55N7O4. The minimum Gasteiger partial charge on any atom is -0.462 e. The molecule has 3 fully saturated rings. The van der Waals surface area contributed by atoms with Crippen molar-refractivity contribution in [2.24, 2.45) is 0 Å². The highest BCUT2D eigenvalue weighted by Gasteiger charge is 2.38. The van der Waals surface area contributed by atoms with Crippen LogP contribution in [-0.2, 0) is 17.6 Å². The van der Waals surface area contributed by atoms with E-state index in [1.165, 1.54) is 22.8 Å². The third-order valence-electron chi connectivity index (χ3n) is 12.0. The first-order chi connectivity index (χ1) is 25.2. The molecule has 11 nitrogen and oxygen atoms in total. The first-order valence-corrected chi connectivity index (χ1v) is 19.4. The number of likely N-dealkylation sites (tertiary alicyclic amines) is 2. The molecule has 11 heteroatoms. The molecule has 2 unspecified atom stereocenters. The summed E-state index contributed by atoms with van der Waals surface area (Å²) < 4.78 is 12.5. The number of likely N-dealkylation sites (N-methyl/N-ethyl adjacent to an activating group) is 1. The molecule has 52 heavy (non-hydrogen) atoms. The summed E-state index contributed by atoms with van der Waals surface area (Å²) in [5, 5.41) is 22.2. The maximum atomic E-state index is 13.7. The van der Waals surface area contributed by atoms with E-state index in [1.54, 1.807) is 4.90 Å². The molecule has 0 spiro atoms. The molecule has 4 atom stereocenters. The lowest BCUT2D eigenvalue weighted by Gasteiger charge is -2.42. The fourth-order valence-electron chi connectivity index (χ4n) is 8.86. The number of nitrogens with zero attached hydrogens (tertiary/aromatic N) is 7. The molecule has 4 heterocycles. The van der Waals surface area contributed by atoms with Crippen LogP contribution in [0.4, 0.5) is 10.6 Å². The van der Waals surface area contributed by atoms with Crippen LogP contribution in [0, 0.1) is 11.3 Å². The average Bonchev–Trinajstić information content (AvgIpc) is 3.80. The molecule has 3 aliphatic heterocycles. The first kappa shape index (κ1) is 36.4. The van der Waals surface area contributed by atoms with E-state index in [9.17, 15) is 15.2 Å². The number of nitriles is 1. The van der Waals surface area contributed by atoms with Crippen molar-refractivity contribution in [1.29, 1.82) is 5.26 Å². The lowest BCUT2D eigenvalue weighted by Crippen LogP contribution is -2.56. The van der Waals surface area contributed by atoms with Gasteiger partial charge in [0.1, 0.15) is 18.0 Å². The zero-order chi connectivity index (χ0) is 36.2. The van der Waals surface area contributed by atoms with Gasteiger partial charge in [0.15, 0.2) is 0 Å². The molecular weight excluding hydrogens is 654 g/mol. The van der Waals surface area contributed by atoms with Gasteiger partial charge in [0.25, 0.3) is 0 Å². The average molecular weight is 710 g/mol. The van der Waals surface area contributed by atoms with Gasteiger partial charge >= 0.3 is 12.1 Å². The number of rotatable bonds is 11. The summed E-state index contributed by atoms with van der Waals surface area (Å²) in [5.41, 5.74) is 2.86. The minimum absolute atomic E-state index is 0.159. The Kier molecular flexibility index (Phi) is 11.2. The summed E-state index contributed by atoms with van der Waals surface area (Å²) in [6, 6.07) is 18.1. The molecule has 4 aliphatic rings. The Morgan fingerprint density at radius 1 is 1.00 bits per heavy atom. The second-order valence-corrected chi connectivity index (χ2v) is 15.9. The van der Waals surface area contributed by atoms with Crippen LogP contribution in [0.5, 0.6) is 6.01 Å². The Balaban J connectivity index is 1.10. The number of piperazine rings is 1. The molecule has 3 aromatic rings. The molecule has 1 N–H and O–H groups in total. The maximum absolute atomic E-state index is 13.7. The van der Waals surface area contributed by atoms with Gasteiger partial charge in [0.05, 0.1) is 30.8 Å². The lowest BCUT2D eigenvalue weighted by atomic mass is 9.80.